The summed E-state index contributed by atoms with van der Waals surface area (Å²) in [4.78, 5) is 24.5. The molecule has 2 saturated carbocycles. The van der Waals surface area contributed by atoms with Crippen LogP contribution in [0.1, 0.15) is 50.4 Å². The number of benzene rings is 1. The van der Waals surface area contributed by atoms with Gasteiger partial charge in [-0.05, 0) is 54.9 Å². The summed E-state index contributed by atoms with van der Waals surface area (Å²) in [6.45, 7) is 6.62. The van der Waals surface area contributed by atoms with Crippen LogP contribution in [0.2, 0.25) is 0 Å². The molecule has 0 unspecified atom stereocenters. The van der Waals surface area contributed by atoms with Gasteiger partial charge in [0.1, 0.15) is 41.4 Å². The van der Waals surface area contributed by atoms with Crippen molar-refractivity contribution < 1.29 is 43.5 Å². The average molecular weight is 540 g/mol. The lowest BCUT2D eigenvalue weighted by molar-refractivity contribution is -0.159. The largest absolute Gasteiger partial charge is 0.506 e. The molecule has 10 nitrogen and oxygen atoms in total. The Bertz CT molecular complexity index is 1390. The maximum atomic E-state index is 12.9. The fourth-order valence-corrected chi connectivity index (χ4v) is 9.50. The Hall–Kier alpha value is -2.66. The Labute approximate surface area is 225 Å². The summed E-state index contributed by atoms with van der Waals surface area (Å²) < 4.78 is 30.1. The van der Waals surface area contributed by atoms with E-state index in [9.17, 15) is 19.8 Å². The molecule has 5 fully saturated rings. The Morgan fingerprint density at radius 1 is 1.21 bits per heavy atom. The van der Waals surface area contributed by atoms with Gasteiger partial charge in [0.15, 0.2) is 5.60 Å². The fraction of sp³-hybridized carbons (Fsp3) is 0.655. The Morgan fingerprint density at radius 2 is 2.00 bits per heavy atom. The summed E-state index contributed by atoms with van der Waals surface area (Å²) in [6, 6.07) is 4.42. The number of phenols is 1. The monoisotopic (exact) mass is 539 g/mol. The zero-order valence-corrected chi connectivity index (χ0v) is 22.4. The van der Waals surface area contributed by atoms with Crippen molar-refractivity contribution in [1.29, 1.82) is 0 Å². The number of cyclic esters (lactones) is 1. The number of ether oxygens (including phenoxy) is 5. The molecule has 208 valence electrons. The normalized spacial score (nSPS) is 47.6. The zero-order chi connectivity index (χ0) is 27.3. The number of fused-ring (bicyclic) bond motifs is 4. The van der Waals surface area contributed by atoms with Crippen LogP contribution in [-0.4, -0.2) is 83.1 Å². The number of hydrogen-bond acceptors (Lipinski definition) is 10. The van der Waals surface area contributed by atoms with Gasteiger partial charge in [-0.3, -0.25) is 0 Å². The molecule has 0 aromatic heterocycles. The average Bonchev–Trinajstić information content (AvgIpc) is 3.81. The number of aliphatic hydroxyl groups is 1. The highest BCUT2D eigenvalue weighted by Crippen LogP contribution is 2.85. The van der Waals surface area contributed by atoms with E-state index in [2.05, 4.69) is 12.2 Å². The minimum atomic E-state index is -1.51. The van der Waals surface area contributed by atoms with Crippen LogP contribution in [-0.2, 0) is 28.5 Å². The van der Waals surface area contributed by atoms with Gasteiger partial charge in [-0.15, -0.1) is 0 Å². The molecule has 3 saturated heterocycles. The van der Waals surface area contributed by atoms with E-state index in [1.54, 1.807) is 0 Å². The Morgan fingerprint density at radius 3 is 2.74 bits per heavy atom. The predicted molar refractivity (Wildman–Crippen MR) is 134 cm³/mol. The van der Waals surface area contributed by atoms with E-state index in [1.165, 1.54) is 25.3 Å². The first-order valence-electron chi connectivity index (χ1n) is 13.8. The number of epoxide rings is 3. The number of esters is 2. The maximum absolute atomic E-state index is 12.9. The highest BCUT2D eigenvalue weighted by molar-refractivity contribution is 5.92. The second-order valence-electron chi connectivity index (χ2n) is 12.8. The molecule has 4 aliphatic heterocycles. The van der Waals surface area contributed by atoms with Crippen LogP contribution in [0.25, 0.3) is 0 Å². The molecule has 10 heteroatoms. The van der Waals surface area contributed by atoms with E-state index in [0.29, 0.717) is 25.1 Å². The summed E-state index contributed by atoms with van der Waals surface area (Å²) in [5.41, 5.74) is -2.14. The van der Waals surface area contributed by atoms with Crippen LogP contribution in [0.4, 0.5) is 5.69 Å². The molecule has 1 aromatic carbocycles. The number of carbonyl (C=O) groups excluding carboxylic acids is 2. The van der Waals surface area contributed by atoms with Crippen molar-refractivity contribution in [3.8, 4) is 5.75 Å². The number of anilines is 1. The molecule has 8 rings (SSSR count). The first-order valence-corrected chi connectivity index (χ1v) is 13.8. The van der Waals surface area contributed by atoms with Crippen molar-refractivity contribution in [2.24, 2.45) is 17.3 Å². The summed E-state index contributed by atoms with van der Waals surface area (Å²) in [6.07, 6.45) is 1.20. The van der Waals surface area contributed by atoms with Crippen LogP contribution < -0.4 is 5.32 Å². The number of methoxy groups -OCH3 is 1. The van der Waals surface area contributed by atoms with Gasteiger partial charge in [-0.1, -0.05) is 20.8 Å². The van der Waals surface area contributed by atoms with E-state index in [4.69, 9.17) is 23.7 Å². The van der Waals surface area contributed by atoms with E-state index in [-0.39, 0.29) is 59.4 Å². The van der Waals surface area contributed by atoms with Crippen LogP contribution in [0.3, 0.4) is 0 Å². The second-order valence-corrected chi connectivity index (χ2v) is 12.8. The smallest absolute Gasteiger partial charge is 0.337 e. The summed E-state index contributed by atoms with van der Waals surface area (Å²) in [5.74, 6) is -0.778. The van der Waals surface area contributed by atoms with Gasteiger partial charge in [0, 0.05) is 17.5 Å². The molecule has 39 heavy (non-hydrogen) atoms. The Kier molecular flexibility index (Phi) is 4.32. The van der Waals surface area contributed by atoms with Gasteiger partial charge in [-0.25, -0.2) is 9.59 Å². The Balaban J connectivity index is 1.21. The first-order chi connectivity index (χ1) is 18.5. The molecule has 0 bridgehead atoms. The number of nitrogens with one attached hydrogen (secondary N) is 1. The third-order valence-corrected chi connectivity index (χ3v) is 11.3. The quantitative estimate of drug-likeness (QED) is 0.289. The van der Waals surface area contributed by atoms with E-state index < -0.39 is 28.4 Å². The minimum absolute atomic E-state index is 0.0183. The molecule has 0 radical (unpaired) electrons. The SMILES string of the molecule is COC(=O)c1ccc(O)c(NC[C@@]2(O)[C@]34O[C@H]3C[C@H]3C5=C(CC[C@]3(C)[C@@]43O[C@H]3[C@@H]3O[C@@]32C(C)C)C(=O)OC5)c1. The van der Waals surface area contributed by atoms with Crippen LogP contribution in [0.5, 0.6) is 5.75 Å². The third kappa shape index (κ3) is 2.38. The number of aromatic hydroxyl groups is 1. The molecular formula is C29H33NO9. The summed E-state index contributed by atoms with van der Waals surface area (Å²) in [5, 5.41) is 26.8. The topological polar surface area (TPSA) is 143 Å². The number of carbonyl (C=O) groups is 2. The second kappa shape index (κ2) is 6.97. The number of hydrogen-bond donors (Lipinski definition) is 3. The van der Waals surface area contributed by atoms with Crippen molar-refractivity contribution in [2.45, 2.75) is 80.7 Å². The van der Waals surface area contributed by atoms with Crippen molar-refractivity contribution in [3.63, 3.8) is 0 Å². The molecule has 1 aromatic rings. The van der Waals surface area contributed by atoms with Crippen molar-refractivity contribution in [3.05, 3.63) is 34.9 Å². The lowest BCUT2D eigenvalue weighted by Crippen LogP contribution is -2.77. The molecule has 3 aliphatic carbocycles. The minimum Gasteiger partial charge on any atom is -0.506 e. The van der Waals surface area contributed by atoms with Crippen LogP contribution >= 0.6 is 0 Å². The lowest BCUT2D eigenvalue weighted by Gasteiger charge is -2.56. The predicted octanol–water partition coefficient (Wildman–Crippen LogP) is 2.08. The van der Waals surface area contributed by atoms with E-state index in [0.717, 1.165) is 17.6 Å². The van der Waals surface area contributed by atoms with Gasteiger partial charge in [0.25, 0.3) is 0 Å². The molecule has 2 spiro atoms. The standard InChI is InChI=1S/C29H33NO9/c1-13(2)27-21(38-27)22-29(39-22)25(3)8-7-15-16(11-36-24(15)33)17(25)10-20-28(29,37-20)26(27,34)12-30-18-9-14(23(32)35-4)5-6-19(18)31/h5-6,9,13,17,20-22,30-31,34H,7-8,10-12H2,1-4H3/t17-,20-,21-,22-,25-,26-,27-,28+,29+/m0/s1. The zero-order valence-electron chi connectivity index (χ0n) is 22.4. The molecule has 4 heterocycles. The van der Waals surface area contributed by atoms with Crippen LogP contribution in [0, 0.1) is 17.3 Å². The highest BCUT2D eigenvalue weighted by atomic mass is 16.7. The molecule has 7 aliphatic rings. The third-order valence-electron chi connectivity index (χ3n) is 11.3. The molecule has 3 N–H and O–H groups in total. The lowest BCUT2D eigenvalue weighted by atomic mass is 9.44. The van der Waals surface area contributed by atoms with Crippen molar-refractivity contribution in [2.75, 3.05) is 25.6 Å². The summed E-state index contributed by atoms with van der Waals surface area (Å²) >= 11 is 0. The number of rotatable bonds is 5. The summed E-state index contributed by atoms with van der Waals surface area (Å²) in [7, 11) is 1.30. The van der Waals surface area contributed by atoms with Crippen molar-refractivity contribution in [1.82, 2.24) is 0 Å². The maximum Gasteiger partial charge on any atom is 0.337 e. The first kappa shape index (κ1) is 24.2. The number of phenolic OH excluding ortho intramolecular Hbond substituents is 1. The molecule has 9 atom stereocenters. The highest BCUT2D eigenvalue weighted by Gasteiger charge is 3.04. The van der Waals surface area contributed by atoms with Crippen LogP contribution in [0.15, 0.2) is 29.3 Å². The van der Waals surface area contributed by atoms with E-state index in [1.807, 2.05) is 13.8 Å². The van der Waals surface area contributed by atoms with E-state index >= 15 is 0 Å². The van der Waals surface area contributed by atoms with Gasteiger partial charge in [0.2, 0.25) is 0 Å². The molecule has 0 amide bonds. The van der Waals surface area contributed by atoms with Gasteiger partial charge in [-0.2, -0.15) is 0 Å². The van der Waals surface area contributed by atoms with Gasteiger partial charge in [0.05, 0.1) is 24.5 Å². The molecular weight excluding hydrogens is 506 g/mol. The van der Waals surface area contributed by atoms with Crippen molar-refractivity contribution >= 4 is 17.6 Å². The van der Waals surface area contributed by atoms with Gasteiger partial charge < -0.3 is 39.2 Å². The van der Waals surface area contributed by atoms with Gasteiger partial charge >= 0.3 is 11.9 Å². The fourth-order valence-electron chi connectivity index (χ4n) is 9.50.